The van der Waals surface area contributed by atoms with Gasteiger partial charge in [-0.25, -0.2) is 15.0 Å². The van der Waals surface area contributed by atoms with Crippen LogP contribution in [0.25, 0.3) is 21.6 Å². The molecule has 1 aromatic carbocycles. The Bertz CT molecular complexity index is 1010. The monoisotopic (exact) mass is 348 g/mol. The zero-order chi connectivity index (χ0) is 16.6. The highest BCUT2D eigenvalue weighted by molar-refractivity contribution is 7.17. The van der Waals surface area contributed by atoms with E-state index in [1.165, 1.54) is 0 Å². The lowest BCUT2D eigenvalue weighted by Gasteiger charge is -2.24. The van der Waals surface area contributed by atoms with Crippen molar-refractivity contribution in [3.8, 4) is 11.4 Å². The van der Waals surface area contributed by atoms with Crippen LogP contribution in [-0.2, 0) is 0 Å². The average Bonchev–Trinajstić information content (AvgIpc) is 3.40. The fraction of sp³-hybridized carbons (Fsp3) is 0.222. The van der Waals surface area contributed by atoms with Crippen LogP contribution in [0.3, 0.4) is 0 Å². The average molecular weight is 348 g/mol. The second-order valence-electron chi connectivity index (χ2n) is 6.09. The van der Waals surface area contributed by atoms with E-state index in [1.807, 2.05) is 36.4 Å². The summed E-state index contributed by atoms with van der Waals surface area (Å²) in [5.74, 6) is 2.64. The molecule has 6 nitrogen and oxygen atoms in total. The van der Waals surface area contributed by atoms with Gasteiger partial charge in [-0.2, -0.15) is 5.10 Å². The van der Waals surface area contributed by atoms with Gasteiger partial charge in [0, 0.05) is 12.1 Å². The number of hydrogen-bond donors (Lipinski definition) is 1. The van der Waals surface area contributed by atoms with Gasteiger partial charge in [0.1, 0.15) is 12.2 Å². The number of aromatic nitrogens is 5. The third-order valence-electron chi connectivity index (χ3n) is 4.60. The van der Waals surface area contributed by atoms with Crippen molar-refractivity contribution in [1.29, 1.82) is 0 Å². The molecule has 0 radical (unpaired) electrons. The molecular formula is C18H16N6S. The van der Waals surface area contributed by atoms with E-state index in [0.29, 0.717) is 0 Å². The van der Waals surface area contributed by atoms with Gasteiger partial charge in [0.05, 0.1) is 16.3 Å². The number of aromatic amines is 1. The molecule has 1 N–H and O–H groups in total. The van der Waals surface area contributed by atoms with E-state index in [4.69, 9.17) is 4.98 Å². The maximum absolute atomic E-state index is 4.76. The van der Waals surface area contributed by atoms with Crippen LogP contribution in [0.15, 0.2) is 48.1 Å². The smallest absolute Gasteiger partial charge is 0.181 e. The minimum Gasteiger partial charge on any atom is -0.345 e. The van der Waals surface area contributed by atoms with Gasteiger partial charge in [-0.3, -0.25) is 5.10 Å². The first kappa shape index (κ1) is 14.5. The molecule has 0 bridgehead atoms. The zero-order valence-electron chi connectivity index (χ0n) is 13.5. The van der Waals surface area contributed by atoms with Gasteiger partial charge < -0.3 is 4.90 Å². The van der Waals surface area contributed by atoms with Gasteiger partial charge in [-0.15, -0.1) is 11.3 Å². The summed E-state index contributed by atoms with van der Waals surface area (Å²) in [7, 11) is 0. The number of nitrogens with zero attached hydrogens (tertiary/aromatic N) is 5. The first-order valence-electron chi connectivity index (χ1n) is 8.33. The Labute approximate surface area is 148 Å². The third kappa shape index (κ3) is 2.47. The maximum atomic E-state index is 4.76. The molecule has 1 aliphatic heterocycles. The molecule has 7 heteroatoms. The van der Waals surface area contributed by atoms with Crippen LogP contribution < -0.4 is 4.90 Å². The Morgan fingerprint density at radius 1 is 1.12 bits per heavy atom. The molecule has 1 fully saturated rings. The van der Waals surface area contributed by atoms with E-state index in [9.17, 15) is 0 Å². The number of H-pyrrole nitrogens is 1. The molecule has 1 atom stereocenters. The number of nitrogens with one attached hydrogen (secondary N) is 1. The minimum atomic E-state index is 0.171. The van der Waals surface area contributed by atoms with Crippen molar-refractivity contribution in [2.75, 3.05) is 11.4 Å². The van der Waals surface area contributed by atoms with Gasteiger partial charge in [-0.05, 0) is 24.3 Å². The van der Waals surface area contributed by atoms with E-state index in [0.717, 1.165) is 52.6 Å². The lowest BCUT2D eigenvalue weighted by Crippen LogP contribution is -2.24. The highest BCUT2D eigenvalue weighted by Gasteiger charge is 2.31. The van der Waals surface area contributed by atoms with E-state index in [1.54, 1.807) is 17.7 Å². The predicted molar refractivity (Wildman–Crippen MR) is 98.6 cm³/mol. The second kappa shape index (κ2) is 5.93. The molecule has 124 valence electrons. The van der Waals surface area contributed by atoms with Gasteiger partial charge in [0.25, 0.3) is 0 Å². The summed E-state index contributed by atoms with van der Waals surface area (Å²) in [4.78, 5) is 16.0. The van der Waals surface area contributed by atoms with Gasteiger partial charge in [0.2, 0.25) is 0 Å². The standard InChI is InChI=1S/C18H16N6S/c1-2-5-12(6-3-1)16-21-17(23-22-16)14-7-4-9-24(14)18-15-13(8-10-25-15)19-11-20-18/h1-3,5-6,8,10-11,14H,4,7,9H2,(H,21,22,23)/t14-/m0/s1. The van der Waals surface area contributed by atoms with E-state index >= 15 is 0 Å². The molecule has 1 saturated heterocycles. The highest BCUT2D eigenvalue weighted by Crippen LogP contribution is 2.38. The van der Waals surface area contributed by atoms with Gasteiger partial charge in [0.15, 0.2) is 11.6 Å². The van der Waals surface area contributed by atoms with Gasteiger partial charge >= 0.3 is 0 Å². The molecule has 25 heavy (non-hydrogen) atoms. The number of anilines is 1. The molecule has 4 aromatic rings. The Kier molecular flexibility index (Phi) is 3.45. The van der Waals surface area contributed by atoms with Crippen molar-refractivity contribution < 1.29 is 0 Å². The van der Waals surface area contributed by atoms with E-state index in [-0.39, 0.29) is 6.04 Å². The van der Waals surface area contributed by atoms with Crippen molar-refractivity contribution in [2.45, 2.75) is 18.9 Å². The van der Waals surface area contributed by atoms with Crippen molar-refractivity contribution in [2.24, 2.45) is 0 Å². The second-order valence-corrected chi connectivity index (χ2v) is 7.01. The number of rotatable bonds is 3. The summed E-state index contributed by atoms with van der Waals surface area (Å²) in [6, 6.07) is 12.3. The fourth-order valence-corrected chi connectivity index (χ4v) is 4.27. The lowest BCUT2D eigenvalue weighted by molar-refractivity contribution is 0.666. The van der Waals surface area contributed by atoms with Crippen molar-refractivity contribution >= 4 is 27.4 Å². The molecule has 0 unspecified atom stereocenters. The summed E-state index contributed by atoms with van der Waals surface area (Å²) in [5.41, 5.74) is 2.03. The van der Waals surface area contributed by atoms with Crippen LogP contribution in [0, 0.1) is 0 Å². The van der Waals surface area contributed by atoms with Crippen molar-refractivity contribution in [1.82, 2.24) is 25.1 Å². The van der Waals surface area contributed by atoms with Crippen LogP contribution >= 0.6 is 11.3 Å². The number of benzene rings is 1. The van der Waals surface area contributed by atoms with E-state index in [2.05, 4.69) is 30.4 Å². The SMILES string of the molecule is c1ccc(-c2n[nH]c([C@@H]3CCCN3c3ncnc4ccsc34)n2)cc1. The molecule has 0 saturated carbocycles. The fourth-order valence-electron chi connectivity index (χ4n) is 3.42. The summed E-state index contributed by atoms with van der Waals surface area (Å²) in [5, 5.41) is 9.63. The number of fused-ring (bicyclic) bond motifs is 1. The highest BCUT2D eigenvalue weighted by atomic mass is 32.1. The predicted octanol–water partition coefficient (Wildman–Crippen LogP) is 3.82. The van der Waals surface area contributed by atoms with Crippen LogP contribution in [0.5, 0.6) is 0 Å². The molecular weight excluding hydrogens is 332 g/mol. The van der Waals surface area contributed by atoms with Crippen LogP contribution in [0.1, 0.15) is 24.7 Å². The largest absolute Gasteiger partial charge is 0.345 e. The molecule has 0 spiro atoms. The Balaban J connectivity index is 1.52. The van der Waals surface area contributed by atoms with E-state index < -0.39 is 0 Å². The van der Waals surface area contributed by atoms with Crippen molar-refractivity contribution in [3.63, 3.8) is 0 Å². The first-order valence-corrected chi connectivity index (χ1v) is 9.21. The number of hydrogen-bond acceptors (Lipinski definition) is 6. The minimum absolute atomic E-state index is 0.171. The number of thiophene rings is 1. The van der Waals surface area contributed by atoms with Gasteiger partial charge in [-0.1, -0.05) is 30.3 Å². The Morgan fingerprint density at radius 3 is 2.96 bits per heavy atom. The quantitative estimate of drug-likeness (QED) is 0.609. The summed E-state index contributed by atoms with van der Waals surface area (Å²) in [6.45, 7) is 0.968. The molecule has 4 heterocycles. The summed E-state index contributed by atoms with van der Waals surface area (Å²) < 4.78 is 1.14. The molecule has 3 aromatic heterocycles. The zero-order valence-corrected chi connectivity index (χ0v) is 14.3. The first-order chi connectivity index (χ1) is 12.4. The third-order valence-corrected chi connectivity index (χ3v) is 5.50. The summed E-state index contributed by atoms with van der Waals surface area (Å²) in [6.07, 6.45) is 3.80. The summed E-state index contributed by atoms with van der Waals surface area (Å²) >= 11 is 1.69. The van der Waals surface area contributed by atoms with Crippen LogP contribution in [0.4, 0.5) is 5.82 Å². The molecule has 0 aliphatic carbocycles. The Morgan fingerprint density at radius 2 is 2.04 bits per heavy atom. The maximum Gasteiger partial charge on any atom is 0.181 e. The normalized spacial score (nSPS) is 17.4. The van der Waals surface area contributed by atoms with Crippen LogP contribution in [0.2, 0.25) is 0 Å². The lowest BCUT2D eigenvalue weighted by atomic mass is 10.2. The van der Waals surface area contributed by atoms with Crippen molar-refractivity contribution in [3.05, 3.63) is 53.9 Å². The van der Waals surface area contributed by atoms with Crippen LogP contribution in [-0.4, -0.2) is 31.7 Å². The topological polar surface area (TPSA) is 70.6 Å². The molecule has 0 amide bonds. The molecule has 5 rings (SSSR count). The Hall–Kier alpha value is -2.80. The molecule has 1 aliphatic rings.